The van der Waals surface area contributed by atoms with E-state index in [1.807, 2.05) is 35.4 Å². The van der Waals surface area contributed by atoms with Crippen LogP contribution in [0.4, 0.5) is 0 Å². The summed E-state index contributed by atoms with van der Waals surface area (Å²) in [7, 11) is 1.73. The van der Waals surface area contributed by atoms with Crippen molar-refractivity contribution in [3.63, 3.8) is 0 Å². The smallest absolute Gasteiger partial charge is 0.230 e. The van der Waals surface area contributed by atoms with Crippen LogP contribution in [0.25, 0.3) is 4.91 Å². The van der Waals surface area contributed by atoms with E-state index in [1.165, 1.54) is 0 Å². The van der Waals surface area contributed by atoms with Gasteiger partial charge in [0.1, 0.15) is 0 Å². The van der Waals surface area contributed by atoms with Gasteiger partial charge in [0.05, 0.1) is 17.7 Å². The van der Waals surface area contributed by atoms with Crippen molar-refractivity contribution < 1.29 is 9.53 Å². The van der Waals surface area contributed by atoms with E-state index in [4.69, 9.17) is 16.3 Å². The molecule has 4 rings (SSSR count). The van der Waals surface area contributed by atoms with Crippen LogP contribution in [-0.2, 0) is 15.1 Å². The van der Waals surface area contributed by atoms with Gasteiger partial charge in [-0.3, -0.25) is 9.89 Å². The van der Waals surface area contributed by atoms with E-state index in [2.05, 4.69) is 16.3 Å². The first-order valence-electron chi connectivity index (χ1n) is 9.06. The van der Waals surface area contributed by atoms with E-state index >= 15 is 0 Å². The summed E-state index contributed by atoms with van der Waals surface area (Å²) in [5.41, 5.74) is 1.64. The number of likely N-dealkylation sites (tertiary alicyclic amines) is 1. The third-order valence-corrected chi connectivity index (χ3v) is 7.05. The number of benzene rings is 1. The molecule has 1 saturated heterocycles. The lowest BCUT2D eigenvalue weighted by atomic mass is 9.83. The van der Waals surface area contributed by atoms with Crippen LogP contribution in [0.1, 0.15) is 24.0 Å². The summed E-state index contributed by atoms with van der Waals surface area (Å²) in [6.07, 6.45) is 7.23. The molecule has 7 heteroatoms. The predicted molar refractivity (Wildman–Crippen MR) is 108 cm³/mol. The van der Waals surface area contributed by atoms with Crippen LogP contribution in [0.15, 0.2) is 42.7 Å². The van der Waals surface area contributed by atoms with Crippen LogP contribution >= 0.6 is 23.4 Å². The number of nitrogens with one attached hydrogen (secondary N) is 1. The summed E-state index contributed by atoms with van der Waals surface area (Å²) >= 11 is 8.13. The van der Waals surface area contributed by atoms with E-state index in [9.17, 15) is 4.79 Å². The van der Waals surface area contributed by atoms with Gasteiger partial charge in [0.25, 0.3) is 0 Å². The summed E-state index contributed by atoms with van der Waals surface area (Å²) in [6, 6.07) is 7.83. The number of ether oxygens (including phenoxy) is 1. The molecule has 3 heterocycles. The van der Waals surface area contributed by atoms with Crippen molar-refractivity contribution in [3.05, 3.63) is 58.9 Å². The van der Waals surface area contributed by atoms with Crippen molar-refractivity contribution >= 4 is 34.2 Å². The Morgan fingerprint density at radius 3 is 2.81 bits per heavy atom. The summed E-state index contributed by atoms with van der Waals surface area (Å²) in [4.78, 5) is 16.1. The van der Waals surface area contributed by atoms with Gasteiger partial charge in [-0.2, -0.15) is 5.10 Å². The number of amides is 1. The molecular formula is C20H22ClN3O2S. The molecule has 5 nitrogen and oxygen atoms in total. The number of piperidine rings is 1. The van der Waals surface area contributed by atoms with Crippen molar-refractivity contribution in [2.45, 2.75) is 18.4 Å². The van der Waals surface area contributed by atoms with E-state index in [0.717, 1.165) is 39.6 Å². The van der Waals surface area contributed by atoms with Crippen LogP contribution in [0, 0.1) is 5.92 Å². The van der Waals surface area contributed by atoms with E-state index < -0.39 is 5.60 Å². The van der Waals surface area contributed by atoms with Gasteiger partial charge >= 0.3 is 0 Å². The second kappa shape index (κ2) is 7.70. The Morgan fingerprint density at radius 2 is 2.15 bits per heavy atom. The third kappa shape index (κ3) is 3.53. The molecule has 1 unspecified atom stereocenters. The molecule has 1 amide bonds. The quantitative estimate of drug-likeness (QED) is 0.840. The first-order chi connectivity index (χ1) is 13.1. The Labute approximate surface area is 168 Å². The normalized spacial score (nSPS) is 21.9. The van der Waals surface area contributed by atoms with Crippen molar-refractivity contribution in [3.8, 4) is 0 Å². The number of thioether (sulfide) groups is 1. The first-order valence-corrected chi connectivity index (χ1v) is 10.4. The molecule has 0 spiro atoms. The Bertz CT molecular complexity index is 845. The first kappa shape index (κ1) is 18.6. The zero-order valence-electron chi connectivity index (χ0n) is 15.2. The second-order valence-electron chi connectivity index (χ2n) is 6.94. The monoisotopic (exact) mass is 403 g/mol. The molecule has 2 aliphatic rings. The Kier molecular flexibility index (Phi) is 5.30. The lowest BCUT2D eigenvalue weighted by molar-refractivity contribution is -0.139. The number of rotatable bonds is 4. The van der Waals surface area contributed by atoms with Crippen LogP contribution in [-0.4, -0.2) is 47.0 Å². The van der Waals surface area contributed by atoms with Crippen molar-refractivity contribution in [2.75, 3.05) is 26.0 Å². The van der Waals surface area contributed by atoms with Crippen LogP contribution in [0.2, 0.25) is 5.02 Å². The molecule has 2 aromatic rings. The van der Waals surface area contributed by atoms with Crippen LogP contribution in [0.5, 0.6) is 0 Å². The average molecular weight is 404 g/mol. The summed E-state index contributed by atoms with van der Waals surface area (Å²) in [5, 5.41) is 7.54. The molecule has 0 saturated carbocycles. The van der Waals surface area contributed by atoms with Gasteiger partial charge < -0.3 is 9.64 Å². The molecule has 2 aliphatic heterocycles. The molecule has 1 N–H and O–H groups in total. The van der Waals surface area contributed by atoms with Crippen molar-refractivity contribution in [1.82, 2.24) is 15.1 Å². The van der Waals surface area contributed by atoms with Gasteiger partial charge in [-0.25, -0.2) is 0 Å². The van der Waals surface area contributed by atoms with Gasteiger partial charge in [-0.05, 0) is 18.9 Å². The molecule has 0 aliphatic carbocycles. The van der Waals surface area contributed by atoms with E-state index in [1.54, 1.807) is 25.1 Å². The number of carbonyl (C=O) groups excluding carboxylic acids is 1. The zero-order valence-corrected chi connectivity index (χ0v) is 16.7. The van der Waals surface area contributed by atoms with E-state index in [0.29, 0.717) is 13.1 Å². The lowest BCUT2D eigenvalue weighted by Crippen LogP contribution is -2.47. The van der Waals surface area contributed by atoms with Gasteiger partial charge in [-0.1, -0.05) is 35.9 Å². The summed E-state index contributed by atoms with van der Waals surface area (Å²) < 4.78 is 5.92. The molecule has 0 radical (unpaired) electrons. The van der Waals surface area contributed by atoms with Crippen molar-refractivity contribution in [2.24, 2.45) is 5.92 Å². The maximum atomic E-state index is 13.0. The predicted octanol–water partition coefficient (Wildman–Crippen LogP) is 3.93. The molecule has 1 atom stereocenters. The SMILES string of the molecule is COC1(c2ccccc2Cl)CCN(C(=O)C2C=C(c3cn[nH]c3)SC2)CC1. The minimum Gasteiger partial charge on any atom is -0.373 e. The largest absolute Gasteiger partial charge is 0.373 e. The fourth-order valence-electron chi connectivity index (χ4n) is 3.90. The summed E-state index contributed by atoms with van der Waals surface area (Å²) in [5.74, 6) is 0.913. The molecule has 1 aromatic heterocycles. The zero-order chi connectivity index (χ0) is 18.9. The molecule has 0 bridgehead atoms. The fraction of sp³-hybridized carbons (Fsp3) is 0.400. The maximum absolute atomic E-state index is 13.0. The number of aromatic amines is 1. The highest BCUT2D eigenvalue weighted by Crippen LogP contribution is 2.41. The minimum absolute atomic E-state index is 0.0738. The molecule has 1 aromatic carbocycles. The standard InChI is InChI=1S/C20H22ClN3O2S/c1-26-20(16-4-2-3-5-17(16)21)6-8-24(9-7-20)19(25)14-10-18(27-13-14)15-11-22-23-12-15/h2-5,10-12,14H,6-9,13H2,1H3,(H,22,23). The maximum Gasteiger partial charge on any atom is 0.230 e. The molecular weight excluding hydrogens is 382 g/mol. The number of hydrogen-bond acceptors (Lipinski definition) is 4. The number of halogens is 1. The molecule has 142 valence electrons. The number of methoxy groups -OCH3 is 1. The average Bonchev–Trinajstić information content (AvgIpc) is 3.39. The number of hydrogen-bond donors (Lipinski definition) is 1. The van der Waals surface area contributed by atoms with E-state index in [-0.39, 0.29) is 11.8 Å². The van der Waals surface area contributed by atoms with Gasteiger partial charge in [0.2, 0.25) is 5.91 Å². The van der Waals surface area contributed by atoms with Gasteiger partial charge in [0.15, 0.2) is 0 Å². The Balaban J connectivity index is 1.45. The number of nitrogens with zero attached hydrogens (tertiary/aromatic N) is 2. The highest BCUT2D eigenvalue weighted by atomic mass is 35.5. The van der Waals surface area contributed by atoms with Crippen LogP contribution in [0.3, 0.4) is 0 Å². The van der Waals surface area contributed by atoms with Crippen LogP contribution < -0.4 is 0 Å². The lowest BCUT2D eigenvalue weighted by Gasteiger charge is -2.42. The second-order valence-corrected chi connectivity index (χ2v) is 8.41. The highest BCUT2D eigenvalue weighted by Gasteiger charge is 2.40. The summed E-state index contributed by atoms with van der Waals surface area (Å²) in [6.45, 7) is 1.35. The van der Waals surface area contributed by atoms with Gasteiger partial charge in [0, 0.05) is 53.2 Å². The minimum atomic E-state index is -0.419. The Hall–Kier alpha value is -1.76. The Morgan fingerprint density at radius 1 is 1.37 bits per heavy atom. The van der Waals surface area contributed by atoms with Crippen molar-refractivity contribution in [1.29, 1.82) is 0 Å². The molecule has 27 heavy (non-hydrogen) atoms. The topological polar surface area (TPSA) is 58.2 Å². The van der Waals surface area contributed by atoms with Gasteiger partial charge in [-0.15, -0.1) is 11.8 Å². The third-order valence-electron chi connectivity index (χ3n) is 5.51. The number of aromatic nitrogens is 2. The number of H-pyrrole nitrogens is 1. The highest BCUT2D eigenvalue weighted by molar-refractivity contribution is 8.08. The number of carbonyl (C=O) groups is 1. The fourth-order valence-corrected chi connectivity index (χ4v) is 5.35. The molecule has 1 fully saturated rings.